The third-order valence-electron chi connectivity index (χ3n) is 1.87. The van der Waals surface area contributed by atoms with Crippen molar-refractivity contribution in [3.63, 3.8) is 0 Å². The van der Waals surface area contributed by atoms with Crippen molar-refractivity contribution in [2.24, 2.45) is 0 Å². The molecular formula is C8H20NNaO3S. The van der Waals surface area contributed by atoms with Gasteiger partial charge in [-0.2, -0.15) is 8.42 Å². The van der Waals surface area contributed by atoms with Crippen molar-refractivity contribution in [1.29, 1.82) is 0 Å². The van der Waals surface area contributed by atoms with Crippen LogP contribution in [0.15, 0.2) is 0 Å². The number of nitrogens with zero attached hydrogens (tertiary/aromatic N) is 1. The molecule has 0 fully saturated rings. The van der Waals surface area contributed by atoms with Crippen LogP contribution in [0.25, 0.3) is 0 Å². The summed E-state index contributed by atoms with van der Waals surface area (Å²) in [6, 6.07) is 0. The van der Waals surface area contributed by atoms with E-state index in [0.29, 0.717) is 6.54 Å². The quantitative estimate of drug-likeness (QED) is 0.317. The summed E-state index contributed by atoms with van der Waals surface area (Å²) in [6.45, 7) is 3.42. The summed E-state index contributed by atoms with van der Waals surface area (Å²) in [5.41, 5.74) is 0. The molecule has 0 saturated heterocycles. The van der Waals surface area contributed by atoms with E-state index in [0.717, 1.165) is 25.8 Å². The Hall–Kier alpha value is 0.870. The van der Waals surface area contributed by atoms with Gasteiger partial charge in [0.2, 0.25) is 0 Å². The molecule has 1 N–H and O–H groups in total. The topological polar surface area (TPSA) is 57.6 Å². The molecule has 0 heterocycles. The first-order valence-corrected chi connectivity index (χ1v) is 6.20. The van der Waals surface area contributed by atoms with Gasteiger partial charge in [-0.05, 0) is 20.0 Å². The Morgan fingerprint density at radius 2 is 1.86 bits per heavy atom. The minimum Gasteiger partial charge on any atom is -1.00 e. The van der Waals surface area contributed by atoms with E-state index in [1.165, 1.54) is 0 Å². The van der Waals surface area contributed by atoms with Crippen LogP contribution < -0.4 is 29.6 Å². The van der Waals surface area contributed by atoms with Crippen LogP contribution in [0.3, 0.4) is 0 Å². The minimum atomic E-state index is -3.79. The molecule has 0 amide bonds. The van der Waals surface area contributed by atoms with Crippen molar-refractivity contribution in [3.05, 3.63) is 0 Å². The molecule has 14 heavy (non-hydrogen) atoms. The van der Waals surface area contributed by atoms with Crippen LogP contribution in [0, 0.1) is 0 Å². The molecule has 0 aromatic heterocycles. The van der Waals surface area contributed by atoms with Crippen molar-refractivity contribution in [1.82, 2.24) is 4.90 Å². The van der Waals surface area contributed by atoms with Crippen molar-refractivity contribution in [2.45, 2.75) is 26.2 Å². The van der Waals surface area contributed by atoms with Gasteiger partial charge >= 0.3 is 29.6 Å². The molecule has 0 aliphatic heterocycles. The summed E-state index contributed by atoms with van der Waals surface area (Å²) < 4.78 is 29.3. The summed E-state index contributed by atoms with van der Waals surface area (Å²) in [5, 5.41) is 0. The van der Waals surface area contributed by atoms with Gasteiger partial charge in [0.05, 0.1) is 5.75 Å². The maximum Gasteiger partial charge on any atom is 1.00 e. The van der Waals surface area contributed by atoms with Crippen molar-refractivity contribution in [2.75, 3.05) is 25.9 Å². The van der Waals surface area contributed by atoms with Crippen LogP contribution in [-0.4, -0.2) is 43.8 Å². The van der Waals surface area contributed by atoms with E-state index in [2.05, 4.69) is 6.92 Å². The first-order valence-electron chi connectivity index (χ1n) is 4.59. The van der Waals surface area contributed by atoms with Crippen molar-refractivity contribution >= 4 is 10.1 Å². The van der Waals surface area contributed by atoms with E-state index in [4.69, 9.17) is 4.55 Å². The zero-order valence-corrected chi connectivity index (χ0v) is 12.2. The van der Waals surface area contributed by atoms with E-state index in [1.54, 1.807) is 0 Å². The largest absolute Gasteiger partial charge is 1.00 e. The second kappa shape index (κ2) is 9.12. The van der Waals surface area contributed by atoms with Crippen LogP contribution in [-0.2, 0) is 10.1 Å². The normalized spacial score (nSPS) is 11.4. The standard InChI is InChI=1S/C8H19NO3S.Na.H/c1-3-4-5-6-9(2)7-8-13(10,11)12;;/h3-8H2,1-2H3,(H,10,11,12);;/q;+1;-1. The predicted octanol–water partition coefficient (Wildman–Crippen LogP) is -1.89. The number of hydrogen-bond donors (Lipinski definition) is 1. The van der Waals surface area contributed by atoms with Crippen LogP contribution in [0.4, 0.5) is 0 Å². The Morgan fingerprint density at radius 1 is 1.29 bits per heavy atom. The maximum absolute atomic E-state index is 10.4. The fourth-order valence-electron chi connectivity index (χ4n) is 1.01. The minimum absolute atomic E-state index is 0. The molecule has 0 aliphatic rings. The molecule has 82 valence electrons. The van der Waals surface area contributed by atoms with Gasteiger partial charge in [-0.25, -0.2) is 0 Å². The van der Waals surface area contributed by atoms with Gasteiger partial charge in [0, 0.05) is 6.54 Å². The van der Waals surface area contributed by atoms with E-state index in [1.807, 2.05) is 11.9 Å². The van der Waals surface area contributed by atoms with Gasteiger partial charge < -0.3 is 6.33 Å². The number of hydrogen-bond acceptors (Lipinski definition) is 3. The Labute approximate surface area is 111 Å². The smallest absolute Gasteiger partial charge is 1.00 e. The van der Waals surface area contributed by atoms with E-state index in [-0.39, 0.29) is 36.7 Å². The molecule has 4 nitrogen and oxygen atoms in total. The summed E-state index contributed by atoms with van der Waals surface area (Å²) in [6.07, 6.45) is 3.40. The summed E-state index contributed by atoms with van der Waals surface area (Å²) in [7, 11) is -1.93. The van der Waals surface area contributed by atoms with E-state index >= 15 is 0 Å². The molecule has 0 aromatic carbocycles. The molecule has 0 radical (unpaired) electrons. The molecule has 0 bridgehead atoms. The second-order valence-electron chi connectivity index (χ2n) is 3.30. The molecule has 0 rings (SSSR count). The molecule has 0 aliphatic carbocycles. The van der Waals surface area contributed by atoms with E-state index in [9.17, 15) is 8.42 Å². The van der Waals surface area contributed by atoms with Gasteiger partial charge in [-0.3, -0.25) is 4.55 Å². The van der Waals surface area contributed by atoms with Gasteiger partial charge in [0.25, 0.3) is 10.1 Å². The SMILES string of the molecule is CCCCCN(C)CCS(=O)(=O)O.[H-].[Na+]. The molecule has 0 saturated carbocycles. The maximum atomic E-state index is 10.4. The van der Waals surface area contributed by atoms with Crippen LogP contribution >= 0.6 is 0 Å². The average molecular weight is 233 g/mol. The molecule has 0 atom stereocenters. The van der Waals surface area contributed by atoms with Crippen LogP contribution in [0.2, 0.25) is 0 Å². The number of rotatable bonds is 7. The fraction of sp³-hybridized carbons (Fsp3) is 1.00. The van der Waals surface area contributed by atoms with Gasteiger partial charge in [0.1, 0.15) is 0 Å². The zero-order chi connectivity index (χ0) is 10.3. The molecule has 0 aromatic rings. The first-order chi connectivity index (χ1) is 5.95. The summed E-state index contributed by atoms with van der Waals surface area (Å²) in [4.78, 5) is 1.92. The molecule has 0 unspecified atom stereocenters. The monoisotopic (exact) mass is 233 g/mol. The molecule has 6 heteroatoms. The molecule has 0 spiro atoms. The third kappa shape index (κ3) is 12.9. The zero-order valence-electron chi connectivity index (χ0n) is 10.4. The van der Waals surface area contributed by atoms with Crippen LogP contribution in [0.1, 0.15) is 27.6 Å². The fourth-order valence-corrected chi connectivity index (χ4v) is 1.56. The summed E-state index contributed by atoms with van der Waals surface area (Å²) >= 11 is 0. The average Bonchev–Trinajstić information content (AvgIpc) is 2.00. The Morgan fingerprint density at radius 3 is 2.29 bits per heavy atom. The molecular weight excluding hydrogens is 213 g/mol. The van der Waals surface area contributed by atoms with Gasteiger partial charge in [-0.15, -0.1) is 0 Å². The predicted molar refractivity (Wildman–Crippen MR) is 54.5 cm³/mol. The van der Waals surface area contributed by atoms with Crippen LogP contribution in [0.5, 0.6) is 0 Å². The first kappa shape index (κ1) is 17.3. The van der Waals surface area contributed by atoms with Crippen molar-refractivity contribution in [3.8, 4) is 0 Å². The Bertz CT molecular complexity index is 224. The van der Waals surface area contributed by atoms with Gasteiger partial charge in [0.15, 0.2) is 0 Å². The third-order valence-corrected chi connectivity index (χ3v) is 2.57. The van der Waals surface area contributed by atoms with Gasteiger partial charge in [-0.1, -0.05) is 19.8 Å². The van der Waals surface area contributed by atoms with Crippen molar-refractivity contribution < 1.29 is 44.0 Å². The van der Waals surface area contributed by atoms with E-state index < -0.39 is 10.1 Å². The Kier molecular flexibility index (Phi) is 11.3. The number of unbranched alkanes of at least 4 members (excludes halogenated alkanes) is 2. The second-order valence-corrected chi connectivity index (χ2v) is 4.87. The Balaban J connectivity index is -0.000000720. The summed E-state index contributed by atoms with van der Waals surface area (Å²) in [5.74, 6) is -0.171.